The first-order valence-corrected chi connectivity index (χ1v) is 49.7. The van der Waals surface area contributed by atoms with Gasteiger partial charge in [-0.1, -0.05) is 86.9 Å². The number of aromatic nitrogens is 4. The number of imidazole rings is 1. The van der Waals surface area contributed by atoms with E-state index in [2.05, 4.69) is 97.1 Å². The van der Waals surface area contributed by atoms with Gasteiger partial charge in [0, 0.05) is 126 Å². The molecule has 1 amide bonds. The number of nitro benzene ring substituents is 1. The predicted octanol–water partition coefficient (Wildman–Crippen LogP) is 19.2. The van der Waals surface area contributed by atoms with Crippen LogP contribution in [0.25, 0.3) is 33.3 Å². The number of aliphatic hydroxyl groups is 1. The molecule has 12 rings (SSSR count). The molecule has 7 N–H and O–H groups in total. The molecule has 0 atom stereocenters. The van der Waals surface area contributed by atoms with Crippen molar-refractivity contribution in [3.63, 3.8) is 0 Å². The summed E-state index contributed by atoms with van der Waals surface area (Å²) in [4.78, 5) is 97.4. The van der Waals surface area contributed by atoms with Crippen LogP contribution in [-0.4, -0.2) is 234 Å². The Hall–Kier alpha value is -13.1. The number of esters is 5. The van der Waals surface area contributed by atoms with E-state index in [1.165, 1.54) is 25.8 Å². The van der Waals surface area contributed by atoms with Gasteiger partial charge in [0.15, 0.2) is 0 Å². The van der Waals surface area contributed by atoms with Gasteiger partial charge < -0.3 is 97.4 Å². The lowest BCUT2D eigenvalue weighted by Crippen LogP contribution is -2.39. The number of phenolic OH excluding ortho intramolecular Hbond substituents is 1. The second-order valence-electron chi connectivity index (χ2n) is 38.2. The average Bonchev–Trinajstić information content (AvgIpc) is 1.63. The minimum Gasteiger partial charge on any atom is -0.508 e. The first-order valence-electron chi connectivity index (χ1n) is 48.9. The SMILES string of the molecule is CC(C)(C)OC(=O)CCCO.CC(C)(C)OC(=O)CCCOc1ccc(CCC(=O)O)cc1.COC(=O)CCc1ccc(O)cc1.COC(=O)CCc1ccc(OCCCC(=O)OC(C)(C)C)cc1.Cc1noc(C)c1-c1ccc(NCCN2CCOCC2)c(N)c1.Cc1noc(C)c1-c1ccc2c(c1)nc(CCc1ccc(OCCNC(=O)OC(C)(C)C)cc1)n2CCN1CCOCC1.O=[N+]([O-])c1cc(Br)ccc1F. The molecular weight excluding hydrogens is 1950 g/mol. The molecule has 798 valence electrons. The van der Waals surface area contributed by atoms with Gasteiger partial charge in [-0.25, -0.2) is 9.78 Å². The molecule has 146 heavy (non-hydrogen) atoms. The maximum atomic E-state index is 12.6. The van der Waals surface area contributed by atoms with Crippen LogP contribution in [0.3, 0.4) is 0 Å². The Labute approximate surface area is 863 Å². The number of rotatable bonds is 39. The van der Waals surface area contributed by atoms with Crippen LogP contribution in [-0.2, 0) is 105 Å². The minimum atomic E-state index is -0.821. The molecule has 2 fully saturated rings. The van der Waals surface area contributed by atoms with Crippen LogP contribution in [0.5, 0.6) is 23.0 Å². The first-order chi connectivity index (χ1) is 69.1. The molecule has 10 aromatic rings. The fourth-order valence-electron chi connectivity index (χ4n) is 14.3. The number of nitro groups is 1. The molecule has 2 saturated heterocycles. The summed E-state index contributed by atoms with van der Waals surface area (Å²) in [6.07, 6.45) is 6.55. The monoisotopic (exact) mass is 2090 g/mol. The Bertz CT molecular complexity index is 5620. The van der Waals surface area contributed by atoms with Crippen LogP contribution in [0.2, 0.25) is 0 Å². The number of hydrogen-bond acceptors (Lipinski definition) is 31. The third-order valence-electron chi connectivity index (χ3n) is 21.3. The molecule has 7 aromatic carbocycles. The molecule has 0 aliphatic carbocycles. The van der Waals surface area contributed by atoms with E-state index >= 15 is 0 Å². The molecule has 5 heterocycles. The number of aromatic hydroxyl groups is 1. The molecule has 0 spiro atoms. The number of aryl methyl sites for hydroxylation is 9. The van der Waals surface area contributed by atoms with Gasteiger partial charge in [0.25, 0.3) is 0 Å². The zero-order chi connectivity index (χ0) is 108. The lowest BCUT2D eigenvalue weighted by Gasteiger charge is -2.27. The quantitative estimate of drug-likeness (QED) is 0.00520. The molecule has 37 heteroatoms. The number of nitrogens with two attached hydrogens (primary N) is 1. The molecule has 0 saturated carbocycles. The topological polar surface area (TPSA) is 451 Å². The number of anilines is 2. The van der Waals surface area contributed by atoms with Gasteiger partial charge in [-0.3, -0.25) is 48.7 Å². The number of nitrogens with zero attached hydrogens (tertiary/aromatic N) is 7. The van der Waals surface area contributed by atoms with E-state index in [-0.39, 0.29) is 48.6 Å². The van der Waals surface area contributed by atoms with Crippen molar-refractivity contribution in [3.05, 3.63) is 223 Å². The molecular formula is C109H148BrFN10O25. The van der Waals surface area contributed by atoms with E-state index in [4.69, 9.17) is 77.7 Å². The summed E-state index contributed by atoms with van der Waals surface area (Å²) in [5, 5.41) is 50.4. The van der Waals surface area contributed by atoms with Crippen molar-refractivity contribution in [2.75, 3.05) is 130 Å². The number of carbonyl (C=O) groups excluding carboxylic acids is 6. The van der Waals surface area contributed by atoms with E-state index in [1.54, 1.807) is 24.3 Å². The second-order valence-corrected chi connectivity index (χ2v) is 39.1. The number of carboxylic acids is 1. The van der Waals surface area contributed by atoms with E-state index in [1.807, 2.05) is 184 Å². The summed E-state index contributed by atoms with van der Waals surface area (Å²) in [7, 11) is 2.76. The Morgan fingerprint density at radius 3 is 1.34 bits per heavy atom. The molecule has 2 aliphatic heterocycles. The van der Waals surface area contributed by atoms with Crippen LogP contribution >= 0.6 is 15.9 Å². The third-order valence-corrected chi connectivity index (χ3v) is 21.8. The zero-order valence-electron chi connectivity index (χ0n) is 87.6. The summed E-state index contributed by atoms with van der Waals surface area (Å²) >= 11 is 2.99. The van der Waals surface area contributed by atoms with Crippen molar-refractivity contribution >= 4 is 85.9 Å². The maximum absolute atomic E-state index is 12.6. The molecule has 0 bridgehead atoms. The normalized spacial score (nSPS) is 12.5. The van der Waals surface area contributed by atoms with Crippen LogP contribution < -0.4 is 30.6 Å². The number of alkyl carbamates (subject to hydrolysis) is 1. The van der Waals surface area contributed by atoms with Crippen molar-refractivity contribution in [3.8, 4) is 45.3 Å². The number of methoxy groups -OCH3 is 2. The number of phenols is 1. The van der Waals surface area contributed by atoms with E-state index < -0.39 is 50.9 Å². The highest BCUT2D eigenvalue weighted by Crippen LogP contribution is 2.34. The summed E-state index contributed by atoms with van der Waals surface area (Å²) in [5.41, 5.74) is 17.9. The van der Waals surface area contributed by atoms with Crippen molar-refractivity contribution in [2.24, 2.45) is 0 Å². The van der Waals surface area contributed by atoms with Gasteiger partial charge >= 0.3 is 47.6 Å². The number of carbonyl (C=O) groups is 7. The number of aliphatic carboxylic acids is 1. The van der Waals surface area contributed by atoms with Gasteiger partial charge in [0.2, 0.25) is 5.82 Å². The molecule has 0 unspecified atom stereocenters. The first kappa shape index (κ1) is 122. The number of aliphatic hydroxyl groups excluding tert-OH is 1. The summed E-state index contributed by atoms with van der Waals surface area (Å²) in [6, 6.07) is 45.9. The molecule has 3 aromatic heterocycles. The standard InChI is InChI=1S/C33H43N5O5.C18H26O5.C17H24N4O2.C17H24O5.C10H12O3.C8H16O3.C6H3BrFNO2/c1-23-31(24(2)43-36-23)26-9-12-29-28(22-26)35-30(38(29)16-15-37-17-20-40-21-18-37)13-8-25-6-10-27(11-7-25)41-19-14-34-32(39)42-33(3,4)5;1-18(2,3)23-17(20)6-5-13-22-15-10-7-14(8-11-15)9-12-16(19)21-4;1-12-17(13(2)23-20-12)14-3-4-16(15(18)11-14)19-5-6-21-7-9-22-10-8-21;1-17(2,3)22-16(20)5-4-12-21-14-9-6-13(7-10-14)8-11-15(18)19;1-13-10(12)7-4-8-2-5-9(11)6-3-8;1-8(2,3)11-7(10)5-4-6-9;7-4-1-2-5(8)6(3-4)9(10)11/h6-7,9-12,22H,8,13-21H2,1-5H3,(H,34,39);7-8,10-11H,5-6,9,12-13H2,1-4H3;3-4,11,19H,5-10,18H2,1-2H3;6-7,9-10H,4-5,8,11-12H2,1-3H3,(H,18,19);2-3,5-6,11H,4,7H2,1H3;9H,4-6H2,1-3H3;1-3H. The number of hydrogen-bond donors (Lipinski definition) is 6. The van der Waals surface area contributed by atoms with Crippen LogP contribution in [0, 0.1) is 43.6 Å². The van der Waals surface area contributed by atoms with Crippen molar-refractivity contribution in [2.45, 2.75) is 230 Å². The number of morpholine rings is 2. The lowest BCUT2D eigenvalue weighted by molar-refractivity contribution is -0.387. The number of benzene rings is 7. The van der Waals surface area contributed by atoms with Gasteiger partial charge in [0.1, 0.15) is 69.4 Å². The number of ether oxygens (including phenoxy) is 11. The van der Waals surface area contributed by atoms with Crippen molar-refractivity contribution in [1.29, 1.82) is 0 Å². The summed E-state index contributed by atoms with van der Waals surface area (Å²) < 4.78 is 83.7. The smallest absolute Gasteiger partial charge is 0.407 e. The van der Waals surface area contributed by atoms with Gasteiger partial charge in [-0.2, -0.15) is 4.39 Å². The van der Waals surface area contributed by atoms with Crippen LogP contribution in [0.4, 0.5) is 26.2 Å². The van der Waals surface area contributed by atoms with Crippen molar-refractivity contribution in [1.82, 2.24) is 35.0 Å². The van der Waals surface area contributed by atoms with Gasteiger partial charge in [-0.05, 0) is 274 Å². The predicted molar refractivity (Wildman–Crippen MR) is 559 cm³/mol. The van der Waals surface area contributed by atoms with Crippen LogP contribution in [0.15, 0.2) is 165 Å². The van der Waals surface area contributed by atoms with E-state index in [0.29, 0.717) is 107 Å². The number of carboxylic acid groups (broad SMARTS) is 1. The van der Waals surface area contributed by atoms with E-state index in [0.717, 1.165) is 205 Å². The number of nitrogen functional groups attached to an aromatic ring is 1. The summed E-state index contributed by atoms with van der Waals surface area (Å²) in [5.74, 6) is 2.44. The Kier molecular flexibility index (Phi) is 52.2. The highest BCUT2D eigenvalue weighted by Gasteiger charge is 2.24. The summed E-state index contributed by atoms with van der Waals surface area (Å²) in [6.45, 7) is 42.4. The Balaban J connectivity index is 0.000000276. The number of halogens is 2. The third kappa shape index (κ3) is 49.2. The Morgan fingerprint density at radius 2 is 0.925 bits per heavy atom. The van der Waals surface area contributed by atoms with Crippen LogP contribution in [0.1, 0.15) is 192 Å². The molecule has 35 nitrogen and oxygen atoms in total. The van der Waals surface area contributed by atoms with Crippen molar-refractivity contribution < 1.29 is 119 Å². The zero-order valence-corrected chi connectivity index (χ0v) is 89.2. The van der Waals surface area contributed by atoms with Gasteiger partial charge in [0.05, 0.1) is 99.1 Å². The fraction of sp³-hybridized carbons (Fsp3) is 0.486. The number of fused-ring (bicyclic) bond motifs is 1. The lowest BCUT2D eigenvalue weighted by atomic mass is 10.0. The van der Waals surface area contributed by atoms with E-state index in [9.17, 15) is 48.1 Å². The van der Waals surface area contributed by atoms with Gasteiger partial charge in [-0.15, -0.1) is 0 Å². The maximum Gasteiger partial charge on any atom is 0.407 e. The average molecular weight is 2100 g/mol. The number of amides is 1. The Morgan fingerprint density at radius 1 is 0.500 bits per heavy atom. The largest absolute Gasteiger partial charge is 0.508 e. The molecule has 2 aliphatic rings. The highest BCUT2D eigenvalue weighted by atomic mass is 79.9. The second kappa shape index (κ2) is 62.7. The number of nitrogens with one attached hydrogen (secondary N) is 2. The molecule has 0 radical (unpaired) electrons. The highest BCUT2D eigenvalue weighted by molar-refractivity contribution is 9.10. The fourth-order valence-corrected chi connectivity index (χ4v) is 14.6. The minimum absolute atomic E-state index is 0.0409.